The van der Waals surface area contributed by atoms with E-state index in [4.69, 9.17) is 9.47 Å². The number of fused-ring (bicyclic) bond motifs is 1. The van der Waals surface area contributed by atoms with Gasteiger partial charge in [-0.25, -0.2) is 0 Å². The number of carbonyl (C=O) groups excluding carboxylic acids is 1. The van der Waals surface area contributed by atoms with E-state index in [0.29, 0.717) is 18.7 Å². The van der Waals surface area contributed by atoms with E-state index < -0.39 is 0 Å². The van der Waals surface area contributed by atoms with Crippen molar-refractivity contribution in [1.82, 2.24) is 10.2 Å². The fourth-order valence-electron chi connectivity index (χ4n) is 4.05. The van der Waals surface area contributed by atoms with Crippen LogP contribution in [0.3, 0.4) is 0 Å². The quantitative estimate of drug-likeness (QED) is 0.836. The summed E-state index contributed by atoms with van der Waals surface area (Å²) in [4.78, 5) is 15.0. The first-order valence-electron chi connectivity index (χ1n) is 10.1. The summed E-state index contributed by atoms with van der Waals surface area (Å²) in [5.41, 5.74) is 3.12. The van der Waals surface area contributed by atoms with Crippen LogP contribution >= 0.6 is 0 Å². The molecule has 1 N–H and O–H groups in total. The Morgan fingerprint density at radius 2 is 1.96 bits per heavy atom. The van der Waals surface area contributed by atoms with Crippen LogP contribution in [0.25, 0.3) is 0 Å². The van der Waals surface area contributed by atoms with Crippen LogP contribution in [0.15, 0.2) is 42.5 Å². The molecule has 2 aliphatic heterocycles. The lowest BCUT2D eigenvalue weighted by Crippen LogP contribution is -2.34. The molecule has 0 aliphatic carbocycles. The fourth-order valence-corrected chi connectivity index (χ4v) is 4.05. The monoisotopic (exact) mass is 380 g/mol. The highest BCUT2D eigenvalue weighted by Gasteiger charge is 2.23. The maximum atomic E-state index is 12.5. The molecule has 28 heavy (non-hydrogen) atoms. The Kier molecular flexibility index (Phi) is 5.81. The summed E-state index contributed by atoms with van der Waals surface area (Å²) in [7, 11) is 1.65. The lowest BCUT2D eigenvalue weighted by molar-refractivity contribution is 0.0938. The minimum absolute atomic E-state index is 0.0239. The lowest BCUT2D eigenvalue weighted by atomic mass is 9.96. The third-order valence-electron chi connectivity index (χ3n) is 5.62. The van der Waals surface area contributed by atoms with Crippen LogP contribution in [0.4, 0.5) is 0 Å². The number of amides is 1. The maximum absolute atomic E-state index is 12.5. The molecule has 5 heteroatoms. The van der Waals surface area contributed by atoms with Gasteiger partial charge in [-0.15, -0.1) is 0 Å². The zero-order valence-electron chi connectivity index (χ0n) is 16.4. The van der Waals surface area contributed by atoms with Gasteiger partial charge in [-0.2, -0.15) is 0 Å². The molecule has 2 aliphatic rings. The second-order valence-electron chi connectivity index (χ2n) is 7.72. The Balaban J connectivity index is 1.29. The topological polar surface area (TPSA) is 50.8 Å². The number of benzene rings is 2. The van der Waals surface area contributed by atoms with E-state index in [1.807, 2.05) is 24.3 Å². The van der Waals surface area contributed by atoms with Crippen molar-refractivity contribution >= 4 is 5.91 Å². The van der Waals surface area contributed by atoms with Crippen molar-refractivity contribution in [1.29, 1.82) is 0 Å². The van der Waals surface area contributed by atoms with Crippen LogP contribution in [-0.2, 0) is 13.0 Å². The van der Waals surface area contributed by atoms with Gasteiger partial charge in [0.1, 0.15) is 0 Å². The van der Waals surface area contributed by atoms with Gasteiger partial charge in [0.05, 0.1) is 13.7 Å². The Bertz CT molecular complexity index is 813. The van der Waals surface area contributed by atoms with Crippen LogP contribution < -0.4 is 14.8 Å². The first-order chi connectivity index (χ1) is 13.7. The summed E-state index contributed by atoms with van der Waals surface area (Å²) in [5, 5.41) is 3.06. The van der Waals surface area contributed by atoms with Gasteiger partial charge in [0, 0.05) is 24.6 Å². The number of methoxy groups -OCH3 is 1. The van der Waals surface area contributed by atoms with E-state index in [0.717, 1.165) is 30.0 Å². The van der Waals surface area contributed by atoms with Crippen LogP contribution in [0.1, 0.15) is 34.3 Å². The molecule has 0 bridgehead atoms. The van der Waals surface area contributed by atoms with Gasteiger partial charge in [0.2, 0.25) is 0 Å². The third-order valence-corrected chi connectivity index (χ3v) is 5.62. The van der Waals surface area contributed by atoms with E-state index in [1.165, 1.54) is 31.5 Å². The van der Waals surface area contributed by atoms with Gasteiger partial charge in [-0.05, 0) is 61.7 Å². The van der Waals surface area contributed by atoms with Crippen molar-refractivity contribution in [3.05, 3.63) is 59.2 Å². The summed E-state index contributed by atoms with van der Waals surface area (Å²) in [6, 6.07) is 13.9. The number of nitrogens with one attached hydrogen (secondary N) is 1. The number of carbonyl (C=O) groups is 1. The first kappa shape index (κ1) is 18.8. The second kappa shape index (κ2) is 8.65. The highest BCUT2D eigenvalue weighted by atomic mass is 16.5. The second-order valence-corrected chi connectivity index (χ2v) is 7.72. The largest absolute Gasteiger partial charge is 0.493 e. The SMILES string of the molecule is COc1cccc2c1OCC(CNC(=O)c1ccc(CN3CCCC3)cc1)C2. The summed E-state index contributed by atoms with van der Waals surface area (Å²) in [6.07, 6.45) is 3.47. The van der Waals surface area contributed by atoms with Gasteiger partial charge < -0.3 is 14.8 Å². The number of hydrogen-bond donors (Lipinski definition) is 1. The van der Waals surface area contributed by atoms with Crippen molar-refractivity contribution in [2.24, 2.45) is 5.92 Å². The maximum Gasteiger partial charge on any atom is 0.251 e. The van der Waals surface area contributed by atoms with Crippen molar-refractivity contribution in [3.63, 3.8) is 0 Å². The first-order valence-corrected chi connectivity index (χ1v) is 10.1. The standard InChI is InChI=1S/C23H28N2O3/c1-27-21-6-4-5-20-13-18(16-28-22(20)21)14-24-23(26)19-9-7-17(8-10-19)15-25-11-2-3-12-25/h4-10,18H,2-3,11-16H2,1H3,(H,24,26). The molecule has 148 valence electrons. The predicted molar refractivity (Wildman–Crippen MR) is 109 cm³/mol. The minimum Gasteiger partial charge on any atom is -0.493 e. The summed E-state index contributed by atoms with van der Waals surface area (Å²) in [6.45, 7) is 4.53. The molecule has 0 spiro atoms. The van der Waals surface area contributed by atoms with Crippen LogP contribution in [0.5, 0.6) is 11.5 Å². The third kappa shape index (κ3) is 4.30. The number of ether oxygens (including phenoxy) is 2. The van der Waals surface area contributed by atoms with Crippen molar-refractivity contribution in [2.75, 3.05) is 33.4 Å². The summed E-state index contributed by atoms with van der Waals surface area (Å²) in [5.74, 6) is 1.84. The minimum atomic E-state index is -0.0239. The molecule has 0 aromatic heterocycles. The average Bonchev–Trinajstić information content (AvgIpc) is 3.25. The molecular formula is C23H28N2O3. The number of likely N-dealkylation sites (tertiary alicyclic amines) is 1. The fraction of sp³-hybridized carbons (Fsp3) is 0.435. The Hall–Kier alpha value is -2.53. The Labute approximate surface area is 166 Å². The molecule has 1 atom stereocenters. The Morgan fingerprint density at radius 1 is 1.18 bits per heavy atom. The molecule has 1 amide bonds. The molecule has 1 fully saturated rings. The van der Waals surface area contributed by atoms with Crippen LogP contribution in [-0.4, -0.2) is 44.2 Å². The van der Waals surface area contributed by atoms with Gasteiger partial charge in [0.15, 0.2) is 11.5 Å². The number of para-hydroxylation sites is 1. The molecule has 1 unspecified atom stereocenters. The molecule has 5 nitrogen and oxygen atoms in total. The van der Waals surface area contributed by atoms with Crippen molar-refractivity contribution in [3.8, 4) is 11.5 Å². The molecular weight excluding hydrogens is 352 g/mol. The van der Waals surface area contributed by atoms with Crippen molar-refractivity contribution in [2.45, 2.75) is 25.8 Å². The number of nitrogens with zero attached hydrogens (tertiary/aromatic N) is 1. The number of hydrogen-bond acceptors (Lipinski definition) is 4. The summed E-state index contributed by atoms with van der Waals surface area (Å²) < 4.78 is 11.3. The van der Waals surface area contributed by atoms with Crippen LogP contribution in [0.2, 0.25) is 0 Å². The molecule has 1 saturated heterocycles. The summed E-state index contributed by atoms with van der Waals surface area (Å²) >= 11 is 0. The van der Waals surface area contributed by atoms with E-state index in [-0.39, 0.29) is 11.8 Å². The molecule has 2 aromatic rings. The molecule has 0 radical (unpaired) electrons. The normalized spacial score (nSPS) is 19.0. The zero-order chi connectivity index (χ0) is 19.3. The van der Waals surface area contributed by atoms with E-state index in [2.05, 4.69) is 28.4 Å². The molecule has 4 rings (SSSR count). The van der Waals surface area contributed by atoms with Gasteiger partial charge in [0.25, 0.3) is 5.91 Å². The van der Waals surface area contributed by atoms with Crippen molar-refractivity contribution < 1.29 is 14.3 Å². The van der Waals surface area contributed by atoms with E-state index in [9.17, 15) is 4.79 Å². The molecule has 0 saturated carbocycles. The van der Waals surface area contributed by atoms with Gasteiger partial charge >= 0.3 is 0 Å². The van der Waals surface area contributed by atoms with Gasteiger partial charge in [-0.1, -0.05) is 24.3 Å². The number of rotatable bonds is 6. The van der Waals surface area contributed by atoms with E-state index >= 15 is 0 Å². The zero-order valence-corrected chi connectivity index (χ0v) is 16.4. The van der Waals surface area contributed by atoms with E-state index in [1.54, 1.807) is 7.11 Å². The average molecular weight is 380 g/mol. The lowest BCUT2D eigenvalue weighted by Gasteiger charge is -2.26. The molecule has 2 heterocycles. The highest BCUT2D eigenvalue weighted by Crippen LogP contribution is 2.35. The highest BCUT2D eigenvalue weighted by molar-refractivity contribution is 5.94. The van der Waals surface area contributed by atoms with Gasteiger partial charge in [-0.3, -0.25) is 9.69 Å². The molecule has 2 aromatic carbocycles. The van der Waals surface area contributed by atoms with Crippen LogP contribution in [0, 0.1) is 5.92 Å². The smallest absolute Gasteiger partial charge is 0.251 e. The predicted octanol–water partition coefficient (Wildman–Crippen LogP) is 3.27. The Morgan fingerprint density at radius 3 is 2.71 bits per heavy atom.